The molecule has 0 atom stereocenters. The molecule has 0 saturated carbocycles. The van der Waals surface area contributed by atoms with Crippen LogP contribution in [0.4, 0.5) is 11.9 Å². The van der Waals surface area contributed by atoms with Gasteiger partial charge in [-0.1, -0.05) is 18.7 Å². The summed E-state index contributed by atoms with van der Waals surface area (Å²) in [4.78, 5) is 27.1. The lowest BCUT2D eigenvalue weighted by Gasteiger charge is -2.14. The Morgan fingerprint density at radius 3 is 2.59 bits per heavy atom. The van der Waals surface area contributed by atoms with Gasteiger partial charge in [-0.2, -0.15) is 20.1 Å². The fourth-order valence-electron chi connectivity index (χ4n) is 2.62. The van der Waals surface area contributed by atoms with Gasteiger partial charge in [-0.25, -0.2) is 4.68 Å². The molecule has 3 rings (SSSR count). The van der Waals surface area contributed by atoms with Crippen molar-refractivity contribution in [3.05, 3.63) is 59.9 Å². The molecule has 0 amide bonds. The molecule has 9 heteroatoms. The van der Waals surface area contributed by atoms with Crippen LogP contribution in [0.1, 0.15) is 21.6 Å². The van der Waals surface area contributed by atoms with E-state index in [1.807, 2.05) is 38.4 Å². The summed E-state index contributed by atoms with van der Waals surface area (Å²) >= 11 is 0. The number of methoxy groups -OCH3 is 1. The third-order valence-corrected chi connectivity index (χ3v) is 4.27. The van der Waals surface area contributed by atoms with Gasteiger partial charge in [0, 0.05) is 20.6 Å². The Labute approximate surface area is 169 Å². The van der Waals surface area contributed by atoms with Gasteiger partial charge in [0.2, 0.25) is 11.9 Å². The maximum Gasteiger partial charge on any atom is 0.257 e. The van der Waals surface area contributed by atoms with Crippen molar-refractivity contribution in [2.75, 3.05) is 31.4 Å². The Kier molecular flexibility index (Phi) is 5.87. The van der Waals surface area contributed by atoms with E-state index in [0.29, 0.717) is 35.6 Å². The number of hydrogen-bond donors (Lipinski definition) is 1. The molecule has 0 aliphatic rings. The number of ether oxygens (including phenoxy) is 1. The average molecular weight is 393 g/mol. The van der Waals surface area contributed by atoms with Crippen molar-refractivity contribution < 1.29 is 9.53 Å². The van der Waals surface area contributed by atoms with Gasteiger partial charge < -0.3 is 15.0 Å². The van der Waals surface area contributed by atoms with Crippen LogP contribution in [0.25, 0.3) is 5.95 Å². The molecule has 0 spiro atoms. The van der Waals surface area contributed by atoms with Crippen LogP contribution in [0.15, 0.2) is 43.1 Å². The van der Waals surface area contributed by atoms with Crippen LogP contribution in [0.3, 0.4) is 0 Å². The molecule has 2 aromatic heterocycles. The highest BCUT2D eigenvalue weighted by Crippen LogP contribution is 2.17. The number of ketones is 1. The van der Waals surface area contributed by atoms with Gasteiger partial charge in [-0.15, -0.1) is 0 Å². The van der Waals surface area contributed by atoms with E-state index in [0.717, 1.165) is 11.3 Å². The number of anilines is 2. The zero-order valence-electron chi connectivity index (χ0n) is 16.9. The zero-order chi connectivity index (χ0) is 21.0. The number of hydrogen-bond acceptors (Lipinski definition) is 8. The van der Waals surface area contributed by atoms with Crippen LogP contribution in [0.5, 0.6) is 5.75 Å². The van der Waals surface area contributed by atoms with Crippen LogP contribution < -0.4 is 15.0 Å². The van der Waals surface area contributed by atoms with Crippen LogP contribution in [0, 0.1) is 6.92 Å². The predicted octanol–water partition coefficient (Wildman–Crippen LogP) is 2.42. The molecule has 0 saturated heterocycles. The monoisotopic (exact) mass is 393 g/mol. The van der Waals surface area contributed by atoms with E-state index in [9.17, 15) is 4.79 Å². The number of carbonyl (C=O) groups is 1. The molecule has 0 radical (unpaired) electrons. The van der Waals surface area contributed by atoms with E-state index in [1.165, 1.54) is 17.0 Å². The Balaban J connectivity index is 1.91. The second-order valence-corrected chi connectivity index (χ2v) is 6.48. The lowest BCUT2D eigenvalue weighted by molar-refractivity contribution is 0.104. The van der Waals surface area contributed by atoms with Crippen molar-refractivity contribution in [2.24, 2.45) is 0 Å². The van der Waals surface area contributed by atoms with Gasteiger partial charge in [-0.05, 0) is 30.7 Å². The lowest BCUT2D eigenvalue weighted by atomic mass is 10.2. The number of carbonyl (C=O) groups excluding carboxylic acids is 1. The standard InChI is InChI=1S/C20H23N7O2/c1-6-17(28)16-12-22-27(13(16)2)20-24-18(23-19(25-20)26(3)4)21-11-14-7-9-15(29-5)10-8-14/h6-10,12H,1,11H2,2-5H3,(H,21,23,24,25). The Hall–Kier alpha value is -3.75. The maximum atomic E-state index is 12.0. The van der Waals surface area contributed by atoms with E-state index >= 15 is 0 Å². The summed E-state index contributed by atoms with van der Waals surface area (Å²) in [6.07, 6.45) is 2.75. The molecule has 0 bridgehead atoms. The zero-order valence-corrected chi connectivity index (χ0v) is 16.9. The van der Waals surface area contributed by atoms with Gasteiger partial charge in [0.1, 0.15) is 5.75 Å². The fraction of sp³-hybridized carbons (Fsp3) is 0.250. The molecule has 150 valence electrons. The molecule has 3 aromatic rings. The molecule has 29 heavy (non-hydrogen) atoms. The average Bonchev–Trinajstić information content (AvgIpc) is 3.13. The topological polar surface area (TPSA) is 98.1 Å². The number of allylic oxidation sites excluding steroid dienone is 1. The van der Waals surface area contributed by atoms with Crippen molar-refractivity contribution in [1.29, 1.82) is 0 Å². The molecule has 1 N–H and O–H groups in total. The molecule has 0 unspecified atom stereocenters. The van der Waals surface area contributed by atoms with Crippen molar-refractivity contribution in [3.63, 3.8) is 0 Å². The van der Waals surface area contributed by atoms with Gasteiger partial charge in [0.25, 0.3) is 5.95 Å². The third-order valence-electron chi connectivity index (χ3n) is 4.27. The van der Waals surface area contributed by atoms with Gasteiger partial charge in [0.05, 0.1) is 24.6 Å². The first-order chi connectivity index (χ1) is 13.9. The molecule has 9 nitrogen and oxygen atoms in total. The number of rotatable bonds is 8. The summed E-state index contributed by atoms with van der Waals surface area (Å²) in [5, 5.41) is 7.48. The predicted molar refractivity (Wildman–Crippen MR) is 111 cm³/mol. The molecule has 0 aliphatic heterocycles. The summed E-state index contributed by atoms with van der Waals surface area (Å²) < 4.78 is 6.70. The first-order valence-electron chi connectivity index (χ1n) is 8.95. The fourth-order valence-corrected chi connectivity index (χ4v) is 2.62. The largest absolute Gasteiger partial charge is 0.497 e. The molecule has 0 aliphatic carbocycles. The normalized spacial score (nSPS) is 10.5. The number of benzene rings is 1. The summed E-state index contributed by atoms with van der Waals surface area (Å²) in [5.74, 6) is 1.79. The van der Waals surface area contributed by atoms with Gasteiger partial charge >= 0.3 is 0 Å². The maximum absolute atomic E-state index is 12.0. The smallest absolute Gasteiger partial charge is 0.257 e. The van der Waals surface area contributed by atoms with Crippen LogP contribution >= 0.6 is 0 Å². The van der Waals surface area contributed by atoms with Crippen LogP contribution in [-0.2, 0) is 6.54 Å². The van der Waals surface area contributed by atoms with E-state index in [4.69, 9.17) is 4.74 Å². The quantitative estimate of drug-likeness (QED) is 0.460. The highest BCUT2D eigenvalue weighted by molar-refractivity contribution is 6.04. The first kappa shape index (κ1) is 20.0. The first-order valence-corrected chi connectivity index (χ1v) is 8.95. The summed E-state index contributed by atoms with van der Waals surface area (Å²) in [7, 11) is 5.32. The Morgan fingerprint density at radius 1 is 1.24 bits per heavy atom. The minimum atomic E-state index is -0.200. The summed E-state index contributed by atoms with van der Waals surface area (Å²) in [6, 6.07) is 7.72. The molecule has 1 aromatic carbocycles. The number of nitrogens with one attached hydrogen (secondary N) is 1. The van der Waals surface area contributed by atoms with Crippen molar-refractivity contribution in [1.82, 2.24) is 24.7 Å². The summed E-state index contributed by atoms with van der Waals surface area (Å²) in [6.45, 7) is 5.83. The second-order valence-electron chi connectivity index (χ2n) is 6.48. The minimum Gasteiger partial charge on any atom is -0.497 e. The second kappa shape index (κ2) is 8.51. The lowest BCUT2D eigenvalue weighted by Crippen LogP contribution is -2.18. The van der Waals surface area contributed by atoms with Crippen molar-refractivity contribution in [2.45, 2.75) is 13.5 Å². The third kappa shape index (κ3) is 4.40. The number of nitrogens with zero attached hydrogens (tertiary/aromatic N) is 6. The number of aromatic nitrogens is 5. The van der Waals surface area contributed by atoms with E-state index in [1.54, 1.807) is 18.9 Å². The van der Waals surface area contributed by atoms with Gasteiger partial charge in [0.15, 0.2) is 5.78 Å². The van der Waals surface area contributed by atoms with Crippen LogP contribution in [-0.4, -0.2) is 51.7 Å². The molecular formula is C20H23N7O2. The van der Waals surface area contributed by atoms with Crippen molar-refractivity contribution in [3.8, 4) is 11.7 Å². The van der Waals surface area contributed by atoms with Crippen molar-refractivity contribution >= 4 is 17.7 Å². The minimum absolute atomic E-state index is 0.200. The van der Waals surface area contributed by atoms with Gasteiger partial charge in [-0.3, -0.25) is 4.79 Å². The SMILES string of the molecule is C=CC(=O)c1cnn(-c2nc(NCc3ccc(OC)cc3)nc(N(C)C)n2)c1C. The van der Waals surface area contributed by atoms with Crippen LogP contribution in [0.2, 0.25) is 0 Å². The van der Waals surface area contributed by atoms with E-state index in [-0.39, 0.29) is 5.78 Å². The highest BCUT2D eigenvalue weighted by atomic mass is 16.5. The Bertz CT molecular complexity index is 1030. The Morgan fingerprint density at radius 2 is 1.97 bits per heavy atom. The molecule has 2 heterocycles. The van der Waals surface area contributed by atoms with E-state index in [2.05, 4.69) is 31.9 Å². The molecular weight excluding hydrogens is 370 g/mol. The molecule has 0 fully saturated rings. The van der Waals surface area contributed by atoms with E-state index < -0.39 is 0 Å². The highest BCUT2D eigenvalue weighted by Gasteiger charge is 2.17. The summed E-state index contributed by atoms with van der Waals surface area (Å²) in [5.41, 5.74) is 2.14.